The number of carbonyl (C=O) groups is 1. The summed E-state index contributed by atoms with van der Waals surface area (Å²) in [5.41, 5.74) is -1.17. The topological polar surface area (TPSA) is 69.7 Å². The van der Waals surface area contributed by atoms with Crippen LogP contribution < -0.4 is 5.32 Å². The largest absolute Gasteiger partial charge is 0.417 e. The molecule has 0 aliphatic carbocycles. The van der Waals surface area contributed by atoms with Crippen LogP contribution in [0.4, 0.5) is 13.2 Å². The summed E-state index contributed by atoms with van der Waals surface area (Å²) in [6, 6.07) is 4.14. The van der Waals surface area contributed by atoms with Crippen LogP contribution in [0.2, 0.25) is 0 Å². The van der Waals surface area contributed by atoms with Crippen molar-refractivity contribution in [2.45, 2.75) is 11.1 Å². The Balaban J connectivity index is 2.07. The van der Waals surface area contributed by atoms with Crippen LogP contribution in [0, 0.1) is 0 Å². The molecule has 2 rings (SSSR count). The van der Waals surface area contributed by atoms with Crippen molar-refractivity contribution < 1.29 is 26.4 Å². The van der Waals surface area contributed by atoms with E-state index in [-0.39, 0.29) is 38.6 Å². The van der Waals surface area contributed by atoms with E-state index in [2.05, 4.69) is 11.9 Å². The zero-order valence-electron chi connectivity index (χ0n) is 14.0. The fourth-order valence-electron chi connectivity index (χ4n) is 2.64. The Morgan fingerprint density at radius 1 is 1.19 bits per heavy atom. The van der Waals surface area contributed by atoms with Crippen LogP contribution in [0.3, 0.4) is 0 Å². The molecule has 0 spiro atoms. The number of benzene rings is 1. The van der Waals surface area contributed by atoms with E-state index in [0.29, 0.717) is 6.54 Å². The lowest BCUT2D eigenvalue weighted by Gasteiger charge is -2.33. The summed E-state index contributed by atoms with van der Waals surface area (Å²) in [6.45, 7) is 4.47. The Labute approximate surface area is 150 Å². The minimum Gasteiger partial charge on any atom is -0.352 e. The zero-order valence-corrected chi connectivity index (χ0v) is 14.8. The van der Waals surface area contributed by atoms with Crippen LogP contribution in [0.15, 0.2) is 41.8 Å². The summed E-state index contributed by atoms with van der Waals surface area (Å²) in [7, 11) is -4.27. The van der Waals surface area contributed by atoms with Crippen LogP contribution in [0.1, 0.15) is 5.56 Å². The number of sulfonamides is 1. The average molecular weight is 391 g/mol. The minimum atomic E-state index is -4.76. The van der Waals surface area contributed by atoms with Crippen molar-refractivity contribution >= 4 is 15.9 Å². The van der Waals surface area contributed by atoms with Gasteiger partial charge in [0.2, 0.25) is 15.9 Å². The SMILES string of the molecule is C=CCNC(=O)CN1CCN(S(=O)(=O)c2ccccc2C(F)(F)F)CC1. The third kappa shape index (κ3) is 4.83. The molecule has 1 aliphatic heterocycles. The van der Waals surface area contributed by atoms with E-state index < -0.39 is 26.7 Å². The van der Waals surface area contributed by atoms with Crippen molar-refractivity contribution in [1.29, 1.82) is 0 Å². The molecule has 10 heteroatoms. The van der Waals surface area contributed by atoms with Crippen molar-refractivity contribution in [3.8, 4) is 0 Å². The van der Waals surface area contributed by atoms with Crippen LogP contribution in [-0.2, 0) is 21.0 Å². The molecule has 1 heterocycles. The first-order chi connectivity index (χ1) is 12.2. The number of piperazine rings is 1. The summed E-state index contributed by atoms with van der Waals surface area (Å²) in [6.07, 6.45) is -3.21. The van der Waals surface area contributed by atoms with Crippen molar-refractivity contribution in [3.63, 3.8) is 0 Å². The molecule has 6 nitrogen and oxygen atoms in total. The summed E-state index contributed by atoms with van der Waals surface area (Å²) < 4.78 is 65.6. The number of halogens is 3. The van der Waals surface area contributed by atoms with Crippen molar-refractivity contribution in [1.82, 2.24) is 14.5 Å². The highest BCUT2D eigenvalue weighted by Crippen LogP contribution is 2.35. The van der Waals surface area contributed by atoms with Gasteiger partial charge >= 0.3 is 6.18 Å². The summed E-state index contributed by atoms with van der Waals surface area (Å²) in [4.78, 5) is 12.7. The highest BCUT2D eigenvalue weighted by atomic mass is 32.2. The van der Waals surface area contributed by atoms with E-state index in [1.165, 1.54) is 6.07 Å². The third-order valence-electron chi connectivity index (χ3n) is 3.95. The number of rotatable bonds is 6. The number of nitrogens with zero attached hydrogens (tertiary/aromatic N) is 2. The molecule has 0 aromatic heterocycles. The summed E-state index contributed by atoms with van der Waals surface area (Å²) in [5, 5.41) is 2.62. The Bertz CT molecular complexity index is 757. The average Bonchev–Trinajstić information content (AvgIpc) is 2.59. The third-order valence-corrected chi connectivity index (χ3v) is 5.91. The van der Waals surface area contributed by atoms with Gasteiger partial charge in [0.25, 0.3) is 0 Å². The Hall–Kier alpha value is -1.91. The molecule has 0 saturated carbocycles. The number of nitrogens with one attached hydrogen (secondary N) is 1. The van der Waals surface area contributed by atoms with Gasteiger partial charge < -0.3 is 5.32 Å². The monoisotopic (exact) mass is 391 g/mol. The lowest BCUT2D eigenvalue weighted by atomic mass is 10.2. The molecule has 1 amide bonds. The Kier molecular flexibility index (Phi) is 6.43. The van der Waals surface area contributed by atoms with E-state index in [0.717, 1.165) is 22.5 Å². The number of hydrogen-bond donors (Lipinski definition) is 1. The normalized spacial score (nSPS) is 17.0. The minimum absolute atomic E-state index is 0.0171. The van der Waals surface area contributed by atoms with E-state index in [9.17, 15) is 26.4 Å². The summed E-state index contributed by atoms with van der Waals surface area (Å²) in [5.74, 6) is -0.219. The number of hydrogen-bond acceptors (Lipinski definition) is 4. The van der Waals surface area contributed by atoms with Gasteiger partial charge in [-0.2, -0.15) is 17.5 Å². The van der Waals surface area contributed by atoms with Gasteiger partial charge in [0.1, 0.15) is 0 Å². The molecule has 1 aliphatic rings. The van der Waals surface area contributed by atoms with E-state index in [1.807, 2.05) is 0 Å². The maximum Gasteiger partial charge on any atom is 0.417 e. The molecule has 1 aromatic carbocycles. The first kappa shape index (κ1) is 20.4. The molecule has 0 radical (unpaired) electrons. The molecule has 1 N–H and O–H groups in total. The maximum atomic E-state index is 13.1. The number of carbonyl (C=O) groups excluding carboxylic acids is 1. The molecule has 1 fully saturated rings. The lowest BCUT2D eigenvalue weighted by Crippen LogP contribution is -2.51. The van der Waals surface area contributed by atoms with E-state index in [4.69, 9.17) is 0 Å². The van der Waals surface area contributed by atoms with Crippen molar-refractivity contribution in [2.75, 3.05) is 39.3 Å². The highest BCUT2D eigenvalue weighted by molar-refractivity contribution is 7.89. The van der Waals surface area contributed by atoms with Gasteiger partial charge in [0.05, 0.1) is 17.0 Å². The second-order valence-electron chi connectivity index (χ2n) is 5.77. The quantitative estimate of drug-likeness (QED) is 0.743. The standard InChI is InChI=1S/C16H20F3N3O3S/c1-2-7-20-15(23)12-21-8-10-22(11-9-21)26(24,25)14-6-4-3-5-13(14)16(17,18)19/h2-6H,1,7-12H2,(H,20,23). The van der Waals surface area contributed by atoms with Crippen LogP contribution in [0.25, 0.3) is 0 Å². The Morgan fingerprint density at radius 3 is 2.38 bits per heavy atom. The predicted molar refractivity (Wildman–Crippen MR) is 89.8 cm³/mol. The molecule has 26 heavy (non-hydrogen) atoms. The van der Waals surface area contributed by atoms with Gasteiger partial charge in [-0.25, -0.2) is 8.42 Å². The van der Waals surface area contributed by atoms with Gasteiger partial charge in [-0.05, 0) is 12.1 Å². The van der Waals surface area contributed by atoms with Crippen LogP contribution in [0.5, 0.6) is 0 Å². The van der Waals surface area contributed by atoms with Gasteiger partial charge in [0.15, 0.2) is 0 Å². The second kappa shape index (κ2) is 8.19. The summed E-state index contributed by atoms with van der Waals surface area (Å²) >= 11 is 0. The molecule has 0 unspecified atom stereocenters. The molecular weight excluding hydrogens is 371 g/mol. The maximum absolute atomic E-state index is 13.1. The number of amides is 1. The fraction of sp³-hybridized carbons (Fsp3) is 0.438. The molecule has 1 saturated heterocycles. The fourth-order valence-corrected chi connectivity index (χ4v) is 4.27. The van der Waals surface area contributed by atoms with Crippen LogP contribution >= 0.6 is 0 Å². The Morgan fingerprint density at radius 2 is 1.81 bits per heavy atom. The molecule has 0 atom stereocenters. The van der Waals surface area contributed by atoms with Gasteiger partial charge in [0, 0.05) is 32.7 Å². The highest BCUT2D eigenvalue weighted by Gasteiger charge is 2.39. The first-order valence-electron chi connectivity index (χ1n) is 7.92. The van der Waals surface area contributed by atoms with Gasteiger partial charge in [-0.3, -0.25) is 9.69 Å². The van der Waals surface area contributed by atoms with Gasteiger partial charge in [-0.15, -0.1) is 6.58 Å². The number of alkyl halides is 3. The van der Waals surface area contributed by atoms with Crippen molar-refractivity contribution in [2.24, 2.45) is 0 Å². The second-order valence-corrected chi connectivity index (χ2v) is 7.67. The van der Waals surface area contributed by atoms with Crippen LogP contribution in [-0.4, -0.2) is 62.8 Å². The predicted octanol–water partition coefficient (Wildman–Crippen LogP) is 1.31. The molecule has 0 bridgehead atoms. The van der Waals surface area contributed by atoms with E-state index >= 15 is 0 Å². The molecular formula is C16H20F3N3O3S. The van der Waals surface area contributed by atoms with Crippen molar-refractivity contribution in [3.05, 3.63) is 42.5 Å². The first-order valence-corrected chi connectivity index (χ1v) is 9.36. The molecule has 1 aromatic rings. The zero-order chi connectivity index (χ0) is 19.4. The lowest BCUT2D eigenvalue weighted by molar-refractivity contribution is -0.140. The van der Waals surface area contributed by atoms with Gasteiger partial charge in [-0.1, -0.05) is 18.2 Å². The van der Waals surface area contributed by atoms with E-state index in [1.54, 1.807) is 11.0 Å². The molecule has 144 valence electrons. The smallest absolute Gasteiger partial charge is 0.352 e.